The third-order valence-electron chi connectivity index (χ3n) is 1.04. The molecule has 0 amide bonds. The van der Waals surface area contributed by atoms with Crippen LogP contribution in [-0.4, -0.2) is 11.5 Å². The first-order valence-corrected chi connectivity index (χ1v) is 3.35. The maximum absolute atomic E-state index is 5.01. The first-order valence-electron chi connectivity index (χ1n) is 3.35. The molecule has 0 fully saturated rings. The van der Waals surface area contributed by atoms with Gasteiger partial charge in [-0.05, 0) is 6.07 Å². The number of rotatable bonds is 4. The molecule has 1 rings (SSSR count). The monoisotopic (exact) mass is 150 g/mol. The van der Waals surface area contributed by atoms with Crippen molar-refractivity contribution in [2.45, 2.75) is 0 Å². The molecule has 0 unspecified atom stereocenters. The maximum atomic E-state index is 5.01. The fraction of sp³-hybridized carbons (Fsp3) is 0.125. The van der Waals surface area contributed by atoms with Crippen LogP contribution in [0.3, 0.4) is 0 Å². The van der Waals surface area contributed by atoms with Crippen LogP contribution in [0.25, 0.3) is 0 Å². The predicted octanol–water partition coefficient (Wildman–Crippen LogP) is 1.15. The van der Waals surface area contributed by atoms with Crippen molar-refractivity contribution in [3.05, 3.63) is 37.1 Å². The number of nitrogens with zero attached hydrogens (tertiary/aromatic N) is 1. The zero-order valence-electron chi connectivity index (χ0n) is 6.16. The molecule has 0 saturated heterocycles. The van der Waals surface area contributed by atoms with Gasteiger partial charge in [0.2, 0.25) is 5.88 Å². The van der Waals surface area contributed by atoms with E-state index < -0.39 is 0 Å². The lowest BCUT2D eigenvalue weighted by molar-refractivity contribution is 0.200. The Morgan fingerprint density at radius 1 is 1.64 bits per heavy atom. The molecule has 0 radical (unpaired) electrons. The van der Waals surface area contributed by atoms with E-state index in [0.29, 0.717) is 12.4 Å². The number of hydrogen-bond acceptors (Lipinski definition) is 3. The molecule has 3 heteroatoms. The molecule has 1 N–H and O–H groups in total. The lowest BCUT2D eigenvalue weighted by atomic mass is 10.5. The lowest BCUT2D eigenvalue weighted by Crippen LogP contribution is -2.18. The van der Waals surface area contributed by atoms with Gasteiger partial charge in [-0.15, -0.1) is 6.58 Å². The van der Waals surface area contributed by atoms with Crippen molar-refractivity contribution in [3.8, 4) is 5.88 Å². The van der Waals surface area contributed by atoms with Crippen LogP contribution >= 0.6 is 0 Å². The van der Waals surface area contributed by atoms with Crippen molar-refractivity contribution >= 4 is 0 Å². The van der Waals surface area contributed by atoms with E-state index in [9.17, 15) is 0 Å². The second-order valence-corrected chi connectivity index (χ2v) is 1.91. The summed E-state index contributed by atoms with van der Waals surface area (Å²) in [5.41, 5.74) is 2.67. The number of hydrogen-bond donors (Lipinski definition) is 1. The zero-order valence-corrected chi connectivity index (χ0v) is 6.16. The Morgan fingerprint density at radius 3 is 3.18 bits per heavy atom. The summed E-state index contributed by atoms with van der Waals surface area (Å²) < 4.78 is 0. The molecule has 1 aromatic rings. The molecular weight excluding hydrogens is 140 g/mol. The average Bonchev–Trinajstić information content (AvgIpc) is 2.07. The summed E-state index contributed by atoms with van der Waals surface area (Å²) in [5, 5.41) is 0. The van der Waals surface area contributed by atoms with Gasteiger partial charge in [-0.25, -0.2) is 4.98 Å². The maximum Gasteiger partial charge on any atom is 0.237 e. The number of nitrogens with one attached hydrogen (secondary N) is 1. The predicted molar refractivity (Wildman–Crippen MR) is 43.1 cm³/mol. The van der Waals surface area contributed by atoms with Gasteiger partial charge in [-0.2, -0.15) is 5.48 Å². The van der Waals surface area contributed by atoms with Crippen LogP contribution in [0.1, 0.15) is 0 Å². The molecule has 0 spiro atoms. The van der Waals surface area contributed by atoms with Crippen molar-refractivity contribution in [2.75, 3.05) is 6.54 Å². The molecule has 0 saturated carbocycles. The highest BCUT2D eigenvalue weighted by Crippen LogP contribution is 2.00. The topological polar surface area (TPSA) is 34.1 Å². The second kappa shape index (κ2) is 4.46. The molecule has 1 aromatic heterocycles. The van der Waals surface area contributed by atoms with E-state index in [4.69, 9.17) is 4.84 Å². The molecular formula is C8H10N2O. The number of aromatic nitrogens is 1. The normalized spacial score (nSPS) is 9.09. The Balaban J connectivity index is 2.33. The van der Waals surface area contributed by atoms with Gasteiger partial charge in [-0.1, -0.05) is 12.1 Å². The Bertz CT molecular complexity index is 211. The zero-order chi connectivity index (χ0) is 7.94. The first-order chi connectivity index (χ1) is 5.43. The lowest BCUT2D eigenvalue weighted by Gasteiger charge is -2.01. The minimum atomic E-state index is 0.564. The van der Waals surface area contributed by atoms with Crippen molar-refractivity contribution in [2.24, 2.45) is 0 Å². The minimum absolute atomic E-state index is 0.564. The molecule has 3 nitrogen and oxygen atoms in total. The first kappa shape index (κ1) is 7.75. The van der Waals surface area contributed by atoms with E-state index >= 15 is 0 Å². The van der Waals surface area contributed by atoms with Gasteiger partial charge < -0.3 is 4.84 Å². The summed E-state index contributed by atoms with van der Waals surface area (Å²) in [7, 11) is 0. The highest BCUT2D eigenvalue weighted by atomic mass is 16.7. The van der Waals surface area contributed by atoms with E-state index in [0.717, 1.165) is 0 Å². The molecule has 0 aromatic carbocycles. The summed E-state index contributed by atoms with van der Waals surface area (Å²) in [6.07, 6.45) is 3.38. The Morgan fingerprint density at radius 2 is 2.55 bits per heavy atom. The fourth-order valence-electron chi connectivity index (χ4n) is 0.582. The molecule has 1 heterocycles. The largest absolute Gasteiger partial charge is 0.388 e. The second-order valence-electron chi connectivity index (χ2n) is 1.91. The highest BCUT2D eigenvalue weighted by Gasteiger charge is 1.88. The Hall–Kier alpha value is -1.35. The van der Waals surface area contributed by atoms with Crippen molar-refractivity contribution in [3.63, 3.8) is 0 Å². The third kappa shape index (κ3) is 2.82. The van der Waals surface area contributed by atoms with Gasteiger partial charge in [0, 0.05) is 18.8 Å². The van der Waals surface area contributed by atoms with E-state index in [2.05, 4.69) is 17.0 Å². The van der Waals surface area contributed by atoms with Gasteiger partial charge in [-0.3, -0.25) is 0 Å². The summed E-state index contributed by atoms with van der Waals surface area (Å²) in [6.45, 7) is 4.14. The SMILES string of the molecule is C=CCNOc1ccccn1. The van der Waals surface area contributed by atoms with Crippen molar-refractivity contribution in [1.82, 2.24) is 10.5 Å². The molecule has 0 aliphatic heterocycles. The van der Waals surface area contributed by atoms with E-state index in [1.165, 1.54) is 0 Å². The highest BCUT2D eigenvalue weighted by molar-refractivity contribution is 5.08. The molecule has 11 heavy (non-hydrogen) atoms. The van der Waals surface area contributed by atoms with Gasteiger partial charge >= 0.3 is 0 Å². The average molecular weight is 150 g/mol. The molecule has 0 bridgehead atoms. The van der Waals surface area contributed by atoms with Crippen molar-refractivity contribution < 1.29 is 4.84 Å². The van der Waals surface area contributed by atoms with Crippen LogP contribution in [0, 0.1) is 0 Å². The Kier molecular flexibility index (Phi) is 3.15. The summed E-state index contributed by atoms with van der Waals surface area (Å²) in [6, 6.07) is 5.47. The minimum Gasteiger partial charge on any atom is -0.388 e. The fourth-order valence-corrected chi connectivity index (χ4v) is 0.582. The smallest absolute Gasteiger partial charge is 0.237 e. The van der Waals surface area contributed by atoms with Crippen molar-refractivity contribution in [1.29, 1.82) is 0 Å². The summed E-state index contributed by atoms with van der Waals surface area (Å²) in [5.74, 6) is 0.564. The molecule has 0 aliphatic carbocycles. The van der Waals surface area contributed by atoms with Gasteiger partial charge in [0.1, 0.15) is 0 Å². The molecule has 0 aliphatic rings. The standard InChI is InChI=1S/C8H10N2O/c1-2-6-10-11-8-5-3-4-7-9-8/h2-5,7,10H,1,6H2. The Labute approximate surface area is 65.7 Å². The van der Waals surface area contributed by atoms with Crippen LogP contribution in [0.2, 0.25) is 0 Å². The van der Waals surface area contributed by atoms with E-state index in [1.54, 1.807) is 18.3 Å². The van der Waals surface area contributed by atoms with Gasteiger partial charge in [0.15, 0.2) is 0 Å². The molecule has 58 valence electrons. The van der Waals surface area contributed by atoms with Crippen LogP contribution in [0.5, 0.6) is 5.88 Å². The summed E-state index contributed by atoms with van der Waals surface area (Å²) in [4.78, 5) is 8.95. The number of pyridine rings is 1. The van der Waals surface area contributed by atoms with Gasteiger partial charge in [0.05, 0.1) is 0 Å². The van der Waals surface area contributed by atoms with E-state index in [1.807, 2.05) is 12.1 Å². The summed E-state index contributed by atoms with van der Waals surface area (Å²) >= 11 is 0. The molecule has 0 atom stereocenters. The van der Waals surface area contributed by atoms with Crippen LogP contribution in [0.4, 0.5) is 0 Å². The van der Waals surface area contributed by atoms with Crippen LogP contribution in [0.15, 0.2) is 37.1 Å². The van der Waals surface area contributed by atoms with Crippen LogP contribution in [-0.2, 0) is 0 Å². The van der Waals surface area contributed by atoms with Gasteiger partial charge in [0.25, 0.3) is 0 Å². The van der Waals surface area contributed by atoms with Crippen LogP contribution < -0.4 is 10.3 Å². The van der Waals surface area contributed by atoms with E-state index in [-0.39, 0.29) is 0 Å². The number of hydroxylamine groups is 1. The quantitative estimate of drug-likeness (QED) is 0.397. The third-order valence-corrected chi connectivity index (χ3v) is 1.04.